The molecule has 0 radical (unpaired) electrons. The lowest BCUT2D eigenvalue weighted by molar-refractivity contribution is 0.329. The highest BCUT2D eigenvalue weighted by Gasteiger charge is 2.33. The molecule has 4 nitrogen and oxygen atoms in total. The molecule has 0 heterocycles. The molecule has 0 saturated carbocycles. The molecule has 0 aromatic rings. The van der Waals surface area contributed by atoms with Crippen molar-refractivity contribution in [2.75, 3.05) is 0 Å². The highest BCUT2D eigenvalue weighted by molar-refractivity contribution is 6.70. The quantitative estimate of drug-likeness (QED) is 0.316. The van der Waals surface area contributed by atoms with Gasteiger partial charge in [-0.25, -0.2) is 0 Å². The smallest absolute Gasteiger partial charge is 0.278 e. The van der Waals surface area contributed by atoms with E-state index in [0.717, 1.165) is 17.0 Å². The van der Waals surface area contributed by atoms with E-state index in [1.54, 1.807) is 0 Å². The summed E-state index contributed by atoms with van der Waals surface area (Å²) in [6.07, 6.45) is 4.35. The van der Waals surface area contributed by atoms with Crippen LogP contribution >= 0.6 is 0 Å². The highest BCUT2D eigenvalue weighted by Crippen LogP contribution is 2.37. The first-order valence-corrected chi connectivity index (χ1v) is 16.2. The van der Waals surface area contributed by atoms with Gasteiger partial charge in [-0.3, -0.25) is 0 Å². The van der Waals surface area contributed by atoms with Crippen molar-refractivity contribution in [3.05, 3.63) is 23.3 Å². The van der Waals surface area contributed by atoms with Crippen LogP contribution in [0.4, 0.5) is 0 Å². The maximum absolute atomic E-state index is 5.91. The van der Waals surface area contributed by atoms with E-state index in [-0.39, 0.29) is 10.8 Å². The minimum Gasteiger partial charge on any atom is -0.455 e. The monoisotopic (exact) mass is 394 g/mol. The van der Waals surface area contributed by atoms with Gasteiger partial charge in [0.15, 0.2) is 0 Å². The van der Waals surface area contributed by atoms with Crippen LogP contribution in [0.25, 0.3) is 0 Å². The fourth-order valence-electron chi connectivity index (χ4n) is 2.16. The molecule has 1 aliphatic carbocycles. The van der Waals surface area contributed by atoms with Crippen molar-refractivity contribution in [1.29, 1.82) is 0 Å². The van der Waals surface area contributed by atoms with Crippen molar-refractivity contribution in [3.8, 4) is 0 Å². The van der Waals surface area contributed by atoms with Crippen LogP contribution in [0.15, 0.2) is 33.6 Å². The van der Waals surface area contributed by atoms with E-state index in [2.05, 4.69) is 103 Å². The van der Waals surface area contributed by atoms with Gasteiger partial charge in [0.05, 0.1) is 0 Å². The Morgan fingerprint density at radius 1 is 0.692 bits per heavy atom. The summed E-state index contributed by atoms with van der Waals surface area (Å²) >= 11 is 0. The first kappa shape index (κ1) is 22.9. The summed E-state index contributed by atoms with van der Waals surface area (Å²) in [7, 11) is -3.58. The average molecular weight is 395 g/mol. The Morgan fingerprint density at radius 3 is 1.54 bits per heavy atom. The highest BCUT2D eigenvalue weighted by atomic mass is 28.4. The molecule has 148 valence electrons. The summed E-state index contributed by atoms with van der Waals surface area (Å²) < 4.78 is 11.8. The molecule has 0 aliphatic heterocycles. The third-order valence-corrected chi connectivity index (χ3v) is 4.87. The topological polar surface area (TPSA) is 43.2 Å². The number of hydrogen-bond acceptors (Lipinski definition) is 4. The molecule has 26 heavy (non-hydrogen) atoms. The van der Waals surface area contributed by atoms with E-state index < -0.39 is 16.6 Å². The van der Waals surface area contributed by atoms with Crippen molar-refractivity contribution in [2.45, 2.75) is 80.8 Å². The first-order chi connectivity index (χ1) is 11.4. The summed E-state index contributed by atoms with van der Waals surface area (Å²) in [5.74, 6) is 0. The minimum atomic E-state index is -1.80. The zero-order chi connectivity index (χ0) is 20.6. The third kappa shape index (κ3) is 7.23. The van der Waals surface area contributed by atoms with Crippen molar-refractivity contribution in [3.63, 3.8) is 0 Å². The molecule has 1 rings (SSSR count). The normalized spacial score (nSPS) is 20.2. The second kappa shape index (κ2) is 7.46. The lowest BCUT2D eigenvalue weighted by Gasteiger charge is -2.32. The van der Waals surface area contributed by atoms with E-state index in [1.807, 2.05) is 0 Å². The zero-order valence-electron chi connectivity index (χ0n) is 18.9. The molecule has 0 unspecified atom stereocenters. The van der Waals surface area contributed by atoms with Crippen LogP contribution < -0.4 is 0 Å². The van der Waals surface area contributed by atoms with Crippen LogP contribution in [0, 0.1) is 10.8 Å². The van der Waals surface area contributed by atoms with E-state index >= 15 is 0 Å². The first-order valence-electron chi connectivity index (χ1n) is 9.38. The fraction of sp³-hybridized carbons (Fsp3) is 0.700. The van der Waals surface area contributed by atoms with Gasteiger partial charge in [-0.05, 0) is 67.3 Å². The number of nitrogens with zero attached hydrogens (tertiary/aromatic N) is 2. The molecule has 0 saturated heterocycles. The predicted octanol–water partition coefficient (Wildman–Crippen LogP) is 6.36. The lowest BCUT2D eigenvalue weighted by atomic mass is 9.74. The molecule has 0 N–H and O–H groups in total. The maximum Gasteiger partial charge on any atom is 0.278 e. The largest absolute Gasteiger partial charge is 0.455 e. The number of rotatable bonds is 4. The predicted molar refractivity (Wildman–Crippen MR) is 119 cm³/mol. The molecule has 0 aromatic carbocycles. The fourth-order valence-corrected chi connectivity index (χ4v) is 2.90. The van der Waals surface area contributed by atoms with E-state index in [9.17, 15) is 0 Å². The second-order valence-corrected chi connectivity index (χ2v) is 19.8. The van der Waals surface area contributed by atoms with Crippen molar-refractivity contribution < 1.29 is 9.05 Å². The second-order valence-electron chi connectivity index (χ2n) is 11.0. The van der Waals surface area contributed by atoms with Gasteiger partial charge in [-0.15, -0.1) is 0 Å². The SMILES string of the molecule is CC(C)(C)C1=CC(=NO[Si](C)(C)C)C(=NO[Si](C)(C)C)C(C(C)(C)C)=C1. The lowest BCUT2D eigenvalue weighted by Crippen LogP contribution is -2.32. The van der Waals surface area contributed by atoms with Gasteiger partial charge in [0.2, 0.25) is 0 Å². The summed E-state index contributed by atoms with van der Waals surface area (Å²) in [4.78, 5) is 0. The standard InChI is InChI=1S/C20H38N2O2Si2/c1-19(2,3)15-13-16(20(4,5)6)18(22-24-26(10,11)12)17(14-15)21-23-25(7,8)9/h13-14H,1-12H3. The van der Waals surface area contributed by atoms with Crippen LogP contribution in [-0.4, -0.2) is 28.1 Å². The molecule has 1 aliphatic rings. The maximum atomic E-state index is 5.91. The van der Waals surface area contributed by atoms with Crippen LogP contribution in [-0.2, 0) is 9.05 Å². The molecule has 6 heteroatoms. The Morgan fingerprint density at radius 2 is 1.15 bits per heavy atom. The molecule has 0 amide bonds. The molecule has 0 bridgehead atoms. The van der Waals surface area contributed by atoms with E-state index in [0.29, 0.717) is 0 Å². The third-order valence-electron chi connectivity index (χ3n) is 3.59. The summed E-state index contributed by atoms with van der Waals surface area (Å²) in [6.45, 7) is 26.0. The molecule has 0 atom stereocenters. The Bertz CT molecular complexity index is 647. The summed E-state index contributed by atoms with van der Waals surface area (Å²) in [5.41, 5.74) is 3.87. The molecule has 0 fully saturated rings. The number of oxime groups is 2. The summed E-state index contributed by atoms with van der Waals surface area (Å²) in [5, 5.41) is 9.10. The van der Waals surface area contributed by atoms with Crippen LogP contribution in [0.5, 0.6) is 0 Å². The van der Waals surface area contributed by atoms with Gasteiger partial charge in [-0.1, -0.05) is 57.9 Å². The van der Waals surface area contributed by atoms with Crippen molar-refractivity contribution in [1.82, 2.24) is 0 Å². The zero-order valence-corrected chi connectivity index (χ0v) is 20.9. The van der Waals surface area contributed by atoms with Crippen LogP contribution in [0.3, 0.4) is 0 Å². The number of allylic oxidation sites excluding steroid dienone is 4. The Hall–Kier alpha value is -1.15. The Kier molecular flexibility index (Phi) is 6.57. The van der Waals surface area contributed by atoms with Gasteiger partial charge in [0.25, 0.3) is 16.6 Å². The van der Waals surface area contributed by atoms with Gasteiger partial charge in [-0.2, -0.15) is 0 Å². The van der Waals surface area contributed by atoms with Crippen molar-refractivity contribution in [2.24, 2.45) is 21.1 Å². The molecular formula is C20H38N2O2Si2. The van der Waals surface area contributed by atoms with Gasteiger partial charge in [0.1, 0.15) is 11.4 Å². The van der Waals surface area contributed by atoms with Gasteiger partial charge < -0.3 is 9.05 Å². The van der Waals surface area contributed by atoms with Crippen LogP contribution in [0.1, 0.15) is 41.5 Å². The molecule has 0 aromatic heterocycles. The molecular weight excluding hydrogens is 356 g/mol. The minimum absolute atomic E-state index is 0.0155. The van der Waals surface area contributed by atoms with Gasteiger partial charge in [0, 0.05) is 0 Å². The number of hydrogen-bond donors (Lipinski definition) is 0. The Balaban J connectivity index is 3.57. The Labute approximate surface area is 162 Å². The van der Waals surface area contributed by atoms with E-state index in [1.165, 1.54) is 5.57 Å². The van der Waals surface area contributed by atoms with E-state index in [4.69, 9.17) is 9.05 Å². The van der Waals surface area contributed by atoms with Crippen LogP contribution in [0.2, 0.25) is 39.3 Å². The van der Waals surface area contributed by atoms with Gasteiger partial charge >= 0.3 is 0 Å². The summed E-state index contributed by atoms with van der Waals surface area (Å²) in [6, 6.07) is 0. The molecule has 0 spiro atoms. The van der Waals surface area contributed by atoms with Crippen molar-refractivity contribution >= 4 is 28.1 Å². The average Bonchev–Trinajstić information content (AvgIpc) is 2.38.